The summed E-state index contributed by atoms with van der Waals surface area (Å²) >= 11 is 0. The third-order valence-electron chi connectivity index (χ3n) is 3.64. The molecular formula is C12H22N2O3S. The lowest BCUT2D eigenvalue weighted by Crippen LogP contribution is -2.42. The van der Waals surface area contributed by atoms with Gasteiger partial charge < -0.3 is 10.2 Å². The van der Waals surface area contributed by atoms with E-state index in [1.165, 1.54) is 0 Å². The van der Waals surface area contributed by atoms with Crippen molar-refractivity contribution in [2.24, 2.45) is 5.92 Å². The van der Waals surface area contributed by atoms with Crippen LogP contribution >= 0.6 is 0 Å². The van der Waals surface area contributed by atoms with Crippen molar-refractivity contribution in [3.8, 4) is 0 Å². The first-order valence-corrected chi connectivity index (χ1v) is 8.45. The largest absolute Gasteiger partial charge is 0.341 e. The number of sulfone groups is 1. The highest BCUT2D eigenvalue weighted by atomic mass is 32.2. The van der Waals surface area contributed by atoms with Crippen LogP contribution in [0.4, 0.5) is 0 Å². The number of hydrogen-bond acceptors (Lipinski definition) is 4. The third-order valence-corrected chi connectivity index (χ3v) is 5.47. The fraction of sp³-hybridized carbons (Fsp3) is 0.917. The molecule has 0 aliphatic carbocycles. The highest BCUT2D eigenvalue weighted by molar-refractivity contribution is 7.91. The summed E-state index contributed by atoms with van der Waals surface area (Å²) in [6.07, 6.45) is 1.53. The van der Waals surface area contributed by atoms with Gasteiger partial charge in [-0.25, -0.2) is 8.42 Å². The third kappa shape index (κ3) is 3.23. The molecule has 0 bridgehead atoms. The van der Waals surface area contributed by atoms with Crippen LogP contribution in [0, 0.1) is 5.92 Å². The van der Waals surface area contributed by atoms with Crippen LogP contribution in [0.15, 0.2) is 0 Å². The predicted molar refractivity (Wildman–Crippen MR) is 70.0 cm³/mol. The second-order valence-corrected chi connectivity index (χ2v) is 7.94. The summed E-state index contributed by atoms with van der Waals surface area (Å²) in [6.45, 7) is 5.41. The van der Waals surface area contributed by atoms with Crippen molar-refractivity contribution in [2.75, 3.05) is 24.6 Å². The van der Waals surface area contributed by atoms with Gasteiger partial charge >= 0.3 is 0 Å². The van der Waals surface area contributed by atoms with Crippen LogP contribution < -0.4 is 5.32 Å². The Kier molecular flexibility index (Phi) is 3.96. The van der Waals surface area contributed by atoms with E-state index in [1.54, 1.807) is 0 Å². The minimum Gasteiger partial charge on any atom is -0.341 e. The standard InChI is InChI=1S/C12H22N2O3S/c1-9(2)13-11-3-5-14(12(11)15)7-10-4-6-18(16,17)8-10/h9-11,13H,3-8H2,1-2H3. The molecule has 0 spiro atoms. The predicted octanol–water partition coefficient (Wildman–Crippen LogP) is 0.0200. The van der Waals surface area contributed by atoms with Gasteiger partial charge in [-0.05, 0) is 18.8 Å². The molecule has 2 atom stereocenters. The van der Waals surface area contributed by atoms with Crippen molar-refractivity contribution in [2.45, 2.75) is 38.8 Å². The number of carbonyl (C=O) groups excluding carboxylic acids is 1. The molecule has 6 heteroatoms. The molecule has 0 aromatic rings. The molecule has 0 aromatic carbocycles. The maximum Gasteiger partial charge on any atom is 0.239 e. The summed E-state index contributed by atoms with van der Waals surface area (Å²) in [4.78, 5) is 13.9. The number of rotatable bonds is 4. The SMILES string of the molecule is CC(C)NC1CCN(CC2CCS(=O)(=O)C2)C1=O. The van der Waals surface area contributed by atoms with Gasteiger partial charge in [-0.1, -0.05) is 13.8 Å². The van der Waals surface area contributed by atoms with Crippen LogP contribution in [0.2, 0.25) is 0 Å². The fourth-order valence-electron chi connectivity index (χ4n) is 2.80. The highest BCUT2D eigenvalue weighted by Gasteiger charge is 2.35. The molecule has 2 rings (SSSR count). The molecule has 0 aromatic heterocycles. The van der Waals surface area contributed by atoms with E-state index >= 15 is 0 Å². The molecule has 104 valence electrons. The van der Waals surface area contributed by atoms with Crippen LogP contribution in [0.5, 0.6) is 0 Å². The van der Waals surface area contributed by atoms with Gasteiger partial charge in [-0.2, -0.15) is 0 Å². The van der Waals surface area contributed by atoms with Gasteiger partial charge in [0.05, 0.1) is 17.5 Å². The molecule has 2 heterocycles. The van der Waals surface area contributed by atoms with E-state index in [1.807, 2.05) is 18.7 Å². The summed E-state index contributed by atoms with van der Waals surface area (Å²) in [6, 6.07) is 0.216. The zero-order valence-electron chi connectivity index (χ0n) is 11.1. The first-order chi connectivity index (χ1) is 8.37. The van der Waals surface area contributed by atoms with Crippen molar-refractivity contribution < 1.29 is 13.2 Å². The number of nitrogens with one attached hydrogen (secondary N) is 1. The van der Waals surface area contributed by atoms with Gasteiger partial charge in [-0.3, -0.25) is 4.79 Å². The molecule has 18 heavy (non-hydrogen) atoms. The lowest BCUT2D eigenvalue weighted by molar-refractivity contribution is -0.130. The Bertz CT molecular complexity index is 419. The Hall–Kier alpha value is -0.620. The van der Waals surface area contributed by atoms with Crippen LogP contribution in [-0.4, -0.2) is 55.9 Å². The van der Waals surface area contributed by atoms with Gasteiger partial charge in [0.1, 0.15) is 0 Å². The smallest absolute Gasteiger partial charge is 0.239 e. The van der Waals surface area contributed by atoms with Crippen LogP contribution in [-0.2, 0) is 14.6 Å². The van der Waals surface area contributed by atoms with Crippen molar-refractivity contribution in [3.63, 3.8) is 0 Å². The van der Waals surface area contributed by atoms with E-state index in [0.29, 0.717) is 19.0 Å². The molecule has 2 fully saturated rings. The van der Waals surface area contributed by atoms with E-state index in [2.05, 4.69) is 5.32 Å². The summed E-state index contributed by atoms with van der Waals surface area (Å²) in [5.41, 5.74) is 0. The maximum atomic E-state index is 12.1. The second-order valence-electron chi connectivity index (χ2n) is 5.72. The minimum atomic E-state index is -2.84. The molecule has 5 nitrogen and oxygen atoms in total. The average Bonchev–Trinajstić information content (AvgIpc) is 2.75. The quantitative estimate of drug-likeness (QED) is 0.785. The Labute approximate surface area is 109 Å². The van der Waals surface area contributed by atoms with E-state index in [9.17, 15) is 13.2 Å². The van der Waals surface area contributed by atoms with E-state index in [0.717, 1.165) is 13.0 Å². The average molecular weight is 274 g/mol. The highest BCUT2D eigenvalue weighted by Crippen LogP contribution is 2.22. The van der Waals surface area contributed by atoms with Crippen LogP contribution in [0.3, 0.4) is 0 Å². The lowest BCUT2D eigenvalue weighted by atomic mass is 10.1. The molecule has 0 radical (unpaired) electrons. The Morgan fingerprint density at radius 1 is 1.39 bits per heavy atom. The molecular weight excluding hydrogens is 252 g/mol. The molecule has 1 N–H and O–H groups in total. The lowest BCUT2D eigenvalue weighted by Gasteiger charge is -2.21. The van der Waals surface area contributed by atoms with Gasteiger partial charge in [0, 0.05) is 19.1 Å². The first-order valence-electron chi connectivity index (χ1n) is 6.62. The second kappa shape index (κ2) is 5.17. The molecule has 0 saturated carbocycles. The molecule has 2 aliphatic heterocycles. The van der Waals surface area contributed by atoms with Crippen molar-refractivity contribution in [1.82, 2.24) is 10.2 Å². The molecule has 2 saturated heterocycles. The number of likely N-dealkylation sites (tertiary alicyclic amines) is 1. The zero-order valence-corrected chi connectivity index (χ0v) is 11.9. The monoisotopic (exact) mass is 274 g/mol. The van der Waals surface area contributed by atoms with Crippen molar-refractivity contribution in [3.05, 3.63) is 0 Å². The van der Waals surface area contributed by atoms with Gasteiger partial charge in [0.2, 0.25) is 5.91 Å². The Morgan fingerprint density at radius 3 is 2.67 bits per heavy atom. The summed E-state index contributed by atoms with van der Waals surface area (Å²) < 4.78 is 22.8. The number of amides is 1. The zero-order chi connectivity index (χ0) is 13.3. The van der Waals surface area contributed by atoms with Gasteiger partial charge in [0.25, 0.3) is 0 Å². The summed E-state index contributed by atoms with van der Waals surface area (Å²) in [5, 5.41) is 3.25. The van der Waals surface area contributed by atoms with Gasteiger partial charge in [-0.15, -0.1) is 0 Å². The maximum absolute atomic E-state index is 12.1. The molecule has 2 aliphatic rings. The van der Waals surface area contributed by atoms with Gasteiger partial charge in [0.15, 0.2) is 9.84 Å². The summed E-state index contributed by atoms with van der Waals surface area (Å²) in [7, 11) is -2.84. The van der Waals surface area contributed by atoms with Crippen molar-refractivity contribution in [1.29, 1.82) is 0 Å². The summed E-state index contributed by atoms with van der Waals surface area (Å²) in [5.74, 6) is 0.802. The number of carbonyl (C=O) groups is 1. The van der Waals surface area contributed by atoms with Crippen molar-refractivity contribution >= 4 is 15.7 Å². The number of hydrogen-bond donors (Lipinski definition) is 1. The number of nitrogens with zero attached hydrogens (tertiary/aromatic N) is 1. The Morgan fingerprint density at radius 2 is 2.11 bits per heavy atom. The van der Waals surface area contributed by atoms with E-state index in [4.69, 9.17) is 0 Å². The normalized spacial score (nSPS) is 31.5. The topological polar surface area (TPSA) is 66.5 Å². The minimum absolute atomic E-state index is 0.0805. The first kappa shape index (κ1) is 13.8. The Balaban J connectivity index is 1.87. The van der Waals surface area contributed by atoms with E-state index < -0.39 is 9.84 Å². The van der Waals surface area contributed by atoms with Crippen LogP contribution in [0.25, 0.3) is 0 Å². The van der Waals surface area contributed by atoms with E-state index in [-0.39, 0.29) is 29.4 Å². The molecule has 2 unspecified atom stereocenters. The van der Waals surface area contributed by atoms with Crippen LogP contribution in [0.1, 0.15) is 26.7 Å². The molecule has 1 amide bonds. The fourth-order valence-corrected chi connectivity index (χ4v) is 4.65.